The van der Waals surface area contributed by atoms with E-state index in [1.54, 1.807) is 11.3 Å². The quantitative estimate of drug-likeness (QED) is 0.595. The first-order valence-corrected chi connectivity index (χ1v) is 10.1. The van der Waals surface area contributed by atoms with Gasteiger partial charge in [0, 0.05) is 15.7 Å². The number of ether oxygens (including phenoxy) is 1. The molecule has 8 heteroatoms. The van der Waals surface area contributed by atoms with Gasteiger partial charge in [-0.25, -0.2) is 0 Å². The summed E-state index contributed by atoms with van der Waals surface area (Å²) in [7, 11) is 0. The summed E-state index contributed by atoms with van der Waals surface area (Å²) in [5.74, 6) is 0.497. The summed E-state index contributed by atoms with van der Waals surface area (Å²) in [5, 5.41) is 14.6. The van der Waals surface area contributed by atoms with Gasteiger partial charge in [0.15, 0.2) is 5.69 Å². The van der Waals surface area contributed by atoms with Crippen molar-refractivity contribution < 1.29 is 4.74 Å². The molecule has 24 heavy (non-hydrogen) atoms. The van der Waals surface area contributed by atoms with Gasteiger partial charge in [-0.1, -0.05) is 27.7 Å². The Morgan fingerprint density at radius 2 is 2.17 bits per heavy atom. The third-order valence-corrected chi connectivity index (χ3v) is 5.80. The fourth-order valence-electron chi connectivity index (χ4n) is 2.53. The Hall–Kier alpha value is -1.64. The highest BCUT2D eigenvalue weighted by molar-refractivity contribution is 9.10. The summed E-state index contributed by atoms with van der Waals surface area (Å²) in [4.78, 5) is 5.65. The van der Waals surface area contributed by atoms with Crippen LogP contribution in [0.2, 0.25) is 0 Å². The summed E-state index contributed by atoms with van der Waals surface area (Å²) in [6.45, 7) is 2.08. The highest BCUT2D eigenvalue weighted by Gasteiger charge is 2.27. The summed E-state index contributed by atoms with van der Waals surface area (Å²) < 4.78 is 7.17. The second kappa shape index (κ2) is 6.34. The lowest BCUT2D eigenvalue weighted by Crippen LogP contribution is -2.16. The normalized spacial score (nSPS) is 15.7. The van der Waals surface area contributed by atoms with Crippen molar-refractivity contribution in [3.05, 3.63) is 44.6 Å². The van der Waals surface area contributed by atoms with Gasteiger partial charge in [-0.3, -0.25) is 0 Å². The van der Waals surface area contributed by atoms with Crippen molar-refractivity contribution in [3.8, 4) is 17.1 Å². The number of nitrogens with one attached hydrogen (secondary N) is 1. The maximum absolute atomic E-state index is 6.20. The van der Waals surface area contributed by atoms with Crippen LogP contribution in [0.5, 0.6) is 5.88 Å². The fraction of sp³-hybridized carbons (Fsp3) is 0.188. The minimum atomic E-state index is -0.308. The Morgan fingerprint density at radius 3 is 2.92 bits per heavy atom. The van der Waals surface area contributed by atoms with Crippen molar-refractivity contribution in [1.29, 1.82) is 0 Å². The molecule has 1 aliphatic rings. The van der Waals surface area contributed by atoms with Gasteiger partial charge in [-0.2, -0.15) is 4.98 Å². The van der Waals surface area contributed by atoms with Crippen molar-refractivity contribution in [2.45, 2.75) is 18.3 Å². The number of nitrogens with zero attached hydrogens (tertiary/aromatic N) is 3. The minimum Gasteiger partial charge on any atom is -0.447 e. The van der Waals surface area contributed by atoms with Crippen molar-refractivity contribution >= 4 is 44.7 Å². The smallest absolute Gasteiger partial charge is 0.247 e. The van der Waals surface area contributed by atoms with Gasteiger partial charge < -0.3 is 10.1 Å². The zero-order valence-corrected chi connectivity index (χ0v) is 16.1. The van der Waals surface area contributed by atoms with Gasteiger partial charge >= 0.3 is 0 Å². The number of benzene rings is 1. The first-order chi connectivity index (χ1) is 11.7. The molecule has 0 spiro atoms. The van der Waals surface area contributed by atoms with E-state index in [1.807, 2.05) is 24.5 Å². The summed E-state index contributed by atoms with van der Waals surface area (Å²) >= 11 is 6.63. The Labute approximate surface area is 156 Å². The summed E-state index contributed by atoms with van der Waals surface area (Å²) in [6.07, 6.45) is 1.61. The van der Waals surface area contributed by atoms with E-state index in [9.17, 15) is 0 Å². The van der Waals surface area contributed by atoms with Gasteiger partial charge in [0.25, 0.3) is 0 Å². The van der Waals surface area contributed by atoms with Gasteiger partial charge in [0.05, 0.1) is 4.88 Å². The van der Waals surface area contributed by atoms with Crippen LogP contribution < -0.4 is 10.1 Å². The van der Waals surface area contributed by atoms with Crippen LogP contribution in [0.4, 0.5) is 5.69 Å². The molecule has 1 N–H and O–H groups in total. The molecule has 0 amide bonds. The number of fused-ring (bicyclic) bond motifs is 3. The van der Waals surface area contributed by atoms with Crippen molar-refractivity contribution in [2.24, 2.45) is 0 Å². The highest BCUT2D eigenvalue weighted by Crippen LogP contribution is 2.41. The number of aryl methyl sites for hydroxylation is 1. The van der Waals surface area contributed by atoms with E-state index in [4.69, 9.17) is 4.74 Å². The van der Waals surface area contributed by atoms with Gasteiger partial charge in [0.2, 0.25) is 17.3 Å². The van der Waals surface area contributed by atoms with E-state index in [0.29, 0.717) is 16.7 Å². The lowest BCUT2D eigenvalue weighted by Gasteiger charge is -2.18. The standard InChI is InChI=1S/C16H13BrN4OS2/c1-8-5-6-24-13(8)15-18-11-4-3-9(17)7-10(11)12-14(22-15)19-16(23-2)21-20-12/h3-7,15,18H,1-2H3. The minimum absolute atomic E-state index is 0.308. The number of rotatable bonds is 2. The number of thioether (sulfide) groups is 1. The van der Waals surface area contributed by atoms with Crippen molar-refractivity contribution in [1.82, 2.24) is 15.2 Å². The molecule has 0 saturated heterocycles. The maximum atomic E-state index is 6.20. The fourth-order valence-corrected chi connectivity index (χ4v) is 4.09. The molecule has 0 radical (unpaired) electrons. The molecule has 1 aromatic carbocycles. The molecular weight excluding hydrogens is 408 g/mol. The molecule has 3 heterocycles. The molecule has 1 aliphatic heterocycles. The molecule has 0 fully saturated rings. The van der Waals surface area contributed by atoms with Crippen LogP contribution in [-0.4, -0.2) is 21.4 Å². The molecule has 1 atom stereocenters. The second-order valence-corrected chi connectivity index (χ2v) is 7.89. The van der Waals surface area contributed by atoms with E-state index in [-0.39, 0.29) is 6.23 Å². The maximum Gasteiger partial charge on any atom is 0.247 e. The first-order valence-electron chi connectivity index (χ1n) is 7.21. The molecule has 0 bridgehead atoms. The molecule has 122 valence electrons. The van der Waals surface area contributed by atoms with E-state index < -0.39 is 0 Å². The van der Waals surface area contributed by atoms with Crippen LogP contribution in [0.15, 0.2) is 39.3 Å². The van der Waals surface area contributed by atoms with Gasteiger partial charge in [-0.05, 0) is 48.4 Å². The monoisotopic (exact) mass is 420 g/mol. The number of thiophene rings is 1. The second-order valence-electron chi connectivity index (χ2n) is 5.25. The van der Waals surface area contributed by atoms with E-state index in [0.717, 1.165) is 20.6 Å². The van der Waals surface area contributed by atoms with Gasteiger partial charge in [0.1, 0.15) is 0 Å². The van der Waals surface area contributed by atoms with Gasteiger partial charge in [-0.15, -0.1) is 21.5 Å². The molecule has 5 nitrogen and oxygen atoms in total. The molecule has 1 unspecified atom stereocenters. The Bertz CT molecular complexity index is 915. The molecule has 0 aliphatic carbocycles. The number of anilines is 1. The van der Waals surface area contributed by atoms with Crippen molar-refractivity contribution in [3.63, 3.8) is 0 Å². The molecule has 2 aromatic heterocycles. The zero-order valence-electron chi connectivity index (χ0n) is 12.9. The Kier molecular flexibility index (Phi) is 4.19. The molecule has 4 rings (SSSR count). The largest absolute Gasteiger partial charge is 0.447 e. The summed E-state index contributed by atoms with van der Waals surface area (Å²) in [6, 6.07) is 8.10. The van der Waals surface area contributed by atoms with Crippen LogP contribution in [0.3, 0.4) is 0 Å². The molecular formula is C16H13BrN4OS2. The number of hydrogen-bond acceptors (Lipinski definition) is 7. The van der Waals surface area contributed by atoms with Crippen molar-refractivity contribution in [2.75, 3.05) is 11.6 Å². The van der Waals surface area contributed by atoms with Crippen LogP contribution in [0.1, 0.15) is 16.7 Å². The topological polar surface area (TPSA) is 59.9 Å². The lowest BCUT2D eigenvalue weighted by atomic mass is 10.1. The third kappa shape index (κ3) is 2.78. The predicted molar refractivity (Wildman–Crippen MR) is 101 cm³/mol. The lowest BCUT2D eigenvalue weighted by molar-refractivity contribution is 0.228. The predicted octanol–water partition coefficient (Wildman–Crippen LogP) is 4.90. The third-order valence-electron chi connectivity index (χ3n) is 3.71. The number of halogens is 1. The van der Waals surface area contributed by atoms with Crippen LogP contribution in [0.25, 0.3) is 11.3 Å². The average Bonchev–Trinajstić information content (AvgIpc) is 2.94. The number of aromatic nitrogens is 3. The highest BCUT2D eigenvalue weighted by atomic mass is 79.9. The zero-order chi connectivity index (χ0) is 16.7. The molecule has 0 saturated carbocycles. The van der Waals surface area contributed by atoms with Crippen LogP contribution in [-0.2, 0) is 0 Å². The average molecular weight is 421 g/mol. The molecule has 3 aromatic rings. The van der Waals surface area contributed by atoms with Crippen LogP contribution >= 0.6 is 39.0 Å². The van der Waals surface area contributed by atoms with E-state index in [1.165, 1.54) is 17.3 Å². The Morgan fingerprint density at radius 1 is 1.29 bits per heavy atom. The SMILES string of the molecule is CSc1nnc2c(n1)OC(c1sccc1C)Nc1ccc(Br)cc1-2. The van der Waals surface area contributed by atoms with E-state index >= 15 is 0 Å². The van der Waals surface area contributed by atoms with Crippen LogP contribution in [0, 0.1) is 6.92 Å². The number of hydrogen-bond donors (Lipinski definition) is 1. The summed E-state index contributed by atoms with van der Waals surface area (Å²) in [5.41, 5.74) is 3.70. The van der Waals surface area contributed by atoms with E-state index in [2.05, 4.69) is 54.8 Å². The first kappa shape index (κ1) is 15.9. The Balaban J connectivity index is 1.91.